The number of ketones is 1. The van der Waals surface area contributed by atoms with Gasteiger partial charge in [0, 0.05) is 24.8 Å². The van der Waals surface area contributed by atoms with Gasteiger partial charge in [-0.15, -0.1) is 0 Å². The number of alkyl halides is 3. The second-order valence-electron chi connectivity index (χ2n) is 3.48. The Labute approximate surface area is 101 Å². The van der Waals surface area contributed by atoms with Gasteiger partial charge in [0.15, 0.2) is 11.5 Å². The third-order valence-electron chi connectivity index (χ3n) is 2.18. The second-order valence-corrected chi connectivity index (χ2v) is 3.48. The number of hydrogen-bond donors (Lipinski definition) is 1. The second kappa shape index (κ2) is 5.60. The van der Waals surface area contributed by atoms with Gasteiger partial charge in [-0.2, -0.15) is 18.4 Å². The van der Waals surface area contributed by atoms with Crippen molar-refractivity contribution >= 4 is 5.78 Å². The van der Waals surface area contributed by atoms with Crippen LogP contribution in [-0.2, 0) is 6.18 Å². The Balaban J connectivity index is 3.12. The largest absolute Gasteiger partial charge is 0.419 e. The summed E-state index contributed by atoms with van der Waals surface area (Å²) in [6.45, 7) is -0.221. The number of carbonyl (C=O) groups is 1. The van der Waals surface area contributed by atoms with Gasteiger partial charge in [-0.1, -0.05) is 0 Å². The van der Waals surface area contributed by atoms with Crippen molar-refractivity contribution in [1.82, 2.24) is 4.98 Å². The Bertz CT molecular complexity index is 492. The SMILES string of the molecule is N#Cc1ncc(C(=O)CCCO)cc1C(F)(F)F. The molecule has 0 saturated heterocycles. The van der Waals surface area contributed by atoms with Crippen molar-refractivity contribution in [2.75, 3.05) is 6.61 Å². The number of rotatable bonds is 4. The van der Waals surface area contributed by atoms with E-state index in [1.54, 1.807) is 0 Å². The number of halogens is 3. The summed E-state index contributed by atoms with van der Waals surface area (Å²) in [6.07, 6.45) is -3.69. The van der Waals surface area contributed by atoms with Crippen LogP contribution in [0.15, 0.2) is 12.3 Å². The lowest BCUT2D eigenvalue weighted by Crippen LogP contribution is -2.12. The number of aromatic nitrogens is 1. The maximum Gasteiger partial charge on any atom is 0.419 e. The number of Topliss-reactive ketones (excluding diaryl/α,β-unsaturated/α-hetero) is 1. The van der Waals surface area contributed by atoms with Crippen molar-refractivity contribution in [2.45, 2.75) is 19.0 Å². The fraction of sp³-hybridized carbons (Fsp3) is 0.364. The molecule has 7 heteroatoms. The van der Waals surface area contributed by atoms with Gasteiger partial charge in [-0.25, -0.2) is 4.98 Å². The molecule has 0 fully saturated rings. The van der Waals surface area contributed by atoms with Crippen LogP contribution in [0.1, 0.15) is 34.5 Å². The number of carbonyl (C=O) groups excluding carboxylic acids is 1. The van der Waals surface area contributed by atoms with Gasteiger partial charge in [-0.3, -0.25) is 4.79 Å². The van der Waals surface area contributed by atoms with E-state index in [2.05, 4.69) is 4.98 Å². The van der Waals surface area contributed by atoms with Crippen molar-refractivity contribution in [3.63, 3.8) is 0 Å². The molecule has 0 bridgehead atoms. The Hall–Kier alpha value is -1.94. The third kappa shape index (κ3) is 3.28. The highest BCUT2D eigenvalue weighted by molar-refractivity contribution is 5.96. The molecule has 1 rings (SSSR count). The van der Waals surface area contributed by atoms with E-state index in [0.717, 1.165) is 6.20 Å². The average molecular weight is 258 g/mol. The van der Waals surface area contributed by atoms with Crippen LogP contribution in [0.5, 0.6) is 0 Å². The van der Waals surface area contributed by atoms with Crippen molar-refractivity contribution in [1.29, 1.82) is 5.26 Å². The monoisotopic (exact) mass is 258 g/mol. The fourth-order valence-corrected chi connectivity index (χ4v) is 1.31. The summed E-state index contributed by atoms with van der Waals surface area (Å²) in [5.74, 6) is -0.550. The topological polar surface area (TPSA) is 74.0 Å². The number of nitrogens with zero attached hydrogens (tertiary/aromatic N) is 2. The van der Waals surface area contributed by atoms with Gasteiger partial charge < -0.3 is 5.11 Å². The predicted molar refractivity (Wildman–Crippen MR) is 54.6 cm³/mol. The van der Waals surface area contributed by atoms with E-state index in [1.807, 2.05) is 0 Å². The molecule has 1 aromatic heterocycles. The Morgan fingerprint density at radius 3 is 2.67 bits per heavy atom. The smallest absolute Gasteiger partial charge is 0.396 e. The molecule has 0 saturated carbocycles. The van der Waals surface area contributed by atoms with Gasteiger partial charge in [-0.05, 0) is 12.5 Å². The van der Waals surface area contributed by atoms with Crippen LogP contribution in [0.4, 0.5) is 13.2 Å². The minimum Gasteiger partial charge on any atom is -0.396 e. The summed E-state index contributed by atoms with van der Waals surface area (Å²) in [7, 11) is 0. The molecule has 0 amide bonds. The molecular formula is C11H9F3N2O2. The highest BCUT2D eigenvalue weighted by Crippen LogP contribution is 2.31. The molecule has 0 unspecified atom stereocenters. The number of pyridine rings is 1. The quantitative estimate of drug-likeness (QED) is 0.837. The molecule has 1 aromatic rings. The van der Waals surface area contributed by atoms with E-state index in [9.17, 15) is 18.0 Å². The summed E-state index contributed by atoms with van der Waals surface area (Å²) in [6, 6.07) is 1.95. The lowest BCUT2D eigenvalue weighted by atomic mass is 10.0. The van der Waals surface area contributed by atoms with Crippen molar-refractivity contribution in [3.05, 3.63) is 29.1 Å². The lowest BCUT2D eigenvalue weighted by molar-refractivity contribution is -0.138. The van der Waals surface area contributed by atoms with E-state index in [-0.39, 0.29) is 25.0 Å². The van der Waals surface area contributed by atoms with Crippen LogP contribution < -0.4 is 0 Å². The standard InChI is InChI=1S/C11H9F3N2O2/c12-11(13,14)8-4-7(6-16-9(8)5-15)10(18)2-1-3-17/h4,6,17H,1-3H2. The minimum atomic E-state index is -4.73. The van der Waals surface area contributed by atoms with Crippen LogP contribution >= 0.6 is 0 Å². The van der Waals surface area contributed by atoms with E-state index >= 15 is 0 Å². The van der Waals surface area contributed by atoms with E-state index in [0.29, 0.717) is 6.07 Å². The lowest BCUT2D eigenvalue weighted by Gasteiger charge is -2.09. The van der Waals surface area contributed by atoms with E-state index in [4.69, 9.17) is 10.4 Å². The molecule has 0 aliphatic carbocycles. The van der Waals surface area contributed by atoms with Crippen molar-refractivity contribution in [3.8, 4) is 6.07 Å². The van der Waals surface area contributed by atoms with E-state index < -0.39 is 23.2 Å². The molecule has 96 valence electrons. The Morgan fingerprint density at radius 1 is 1.50 bits per heavy atom. The zero-order valence-electron chi connectivity index (χ0n) is 9.16. The van der Waals surface area contributed by atoms with Crippen LogP contribution in [0.25, 0.3) is 0 Å². The van der Waals surface area contributed by atoms with Gasteiger partial charge >= 0.3 is 6.18 Å². The highest BCUT2D eigenvalue weighted by atomic mass is 19.4. The number of aliphatic hydroxyl groups is 1. The maximum atomic E-state index is 12.6. The fourth-order valence-electron chi connectivity index (χ4n) is 1.31. The molecule has 0 aromatic carbocycles. The summed E-state index contributed by atoms with van der Waals surface area (Å²) in [4.78, 5) is 14.8. The highest BCUT2D eigenvalue weighted by Gasteiger charge is 2.35. The molecule has 1 heterocycles. The van der Waals surface area contributed by atoms with Gasteiger partial charge in [0.25, 0.3) is 0 Å². The van der Waals surface area contributed by atoms with E-state index in [1.165, 1.54) is 6.07 Å². The zero-order chi connectivity index (χ0) is 13.8. The summed E-state index contributed by atoms with van der Waals surface area (Å²) in [5, 5.41) is 17.1. The molecule has 0 spiro atoms. The Kier molecular flexibility index (Phi) is 4.39. The molecule has 4 nitrogen and oxygen atoms in total. The number of nitriles is 1. The first kappa shape index (κ1) is 14.1. The Morgan fingerprint density at radius 2 is 2.17 bits per heavy atom. The molecule has 18 heavy (non-hydrogen) atoms. The van der Waals surface area contributed by atoms with Crippen LogP contribution in [0, 0.1) is 11.3 Å². The molecular weight excluding hydrogens is 249 g/mol. The van der Waals surface area contributed by atoms with Gasteiger partial charge in [0.05, 0.1) is 5.56 Å². The summed E-state index contributed by atoms with van der Waals surface area (Å²) in [5.41, 5.74) is -2.20. The molecule has 0 atom stereocenters. The summed E-state index contributed by atoms with van der Waals surface area (Å²) >= 11 is 0. The van der Waals surface area contributed by atoms with Crippen molar-refractivity contribution in [2.24, 2.45) is 0 Å². The van der Waals surface area contributed by atoms with Gasteiger partial charge in [0.1, 0.15) is 6.07 Å². The van der Waals surface area contributed by atoms with Crippen LogP contribution in [-0.4, -0.2) is 22.5 Å². The third-order valence-corrected chi connectivity index (χ3v) is 2.18. The molecule has 0 radical (unpaired) electrons. The van der Waals surface area contributed by atoms with Gasteiger partial charge in [0.2, 0.25) is 0 Å². The molecule has 0 aliphatic heterocycles. The first-order chi connectivity index (χ1) is 8.40. The molecule has 0 aliphatic rings. The first-order valence-electron chi connectivity index (χ1n) is 5.01. The van der Waals surface area contributed by atoms with Crippen molar-refractivity contribution < 1.29 is 23.1 Å². The van der Waals surface area contributed by atoms with Crippen LogP contribution in [0.2, 0.25) is 0 Å². The predicted octanol–water partition coefficient (Wildman–Crippen LogP) is 1.93. The number of aliphatic hydroxyl groups excluding tert-OH is 1. The summed E-state index contributed by atoms with van der Waals surface area (Å²) < 4.78 is 37.8. The minimum absolute atomic E-state index is 0.0681. The maximum absolute atomic E-state index is 12.6. The van der Waals surface area contributed by atoms with Crippen LogP contribution in [0.3, 0.4) is 0 Å². The molecule has 1 N–H and O–H groups in total. The first-order valence-corrected chi connectivity index (χ1v) is 5.01. The number of hydrogen-bond acceptors (Lipinski definition) is 4. The average Bonchev–Trinajstić information content (AvgIpc) is 2.34. The normalized spacial score (nSPS) is 11.1. The zero-order valence-corrected chi connectivity index (χ0v) is 9.16.